The number of rotatable bonds is 6. The summed E-state index contributed by atoms with van der Waals surface area (Å²) in [5.41, 5.74) is -1.15. The van der Waals surface area contributed by atoms with Crippen molar-refractivity contribution in [3.63, 3.8) is 0 Å². The van der Waals surface area contributed by atoms with Gasteiger partial charge in [0.15, 0.2) is 0 Å². The third kappa shape index (κ3) is 6.56. The Balaban J connectivity index is 4.38. The molecule has 1 atom stereocenters. The average molecular weight is 261 g/mol. The summed E-state index contributed by atoms with van der Waals surface area (Å²) in [5.74, 6) is -0.910. The first kappa shape index (κ1) is 16.3. The minimum atomic E-state index is -1.15. The van der Waals surface area contributed by atoms with Gasteiger partial charge in [-0.1, -0.05) is 34.1 Å². The summed E-state index contributed by atoms with van der Waals surface area (Å²) in [6, 6.07) is 0. The molecule has 0 radical (unpaired) electrons. The van der Waals surface area contributed by atoms with Crippen LogP contribution < -0.4 is 5.32 Å². The fourth-order valence-electron chi connectivity index (χ4n) is 1.35. The third-order valence-electron chi connectivity index (χ3n) is 2.27. The molecule has 5 heteroatoms. The second-order valence-electron chi connectivity index (χ2n) is 5.34. The van der Waals surface area contributed by atoms with Crippen molar-refractivity contribution in [2.45, 2.75) is 57.7 Å². The molecule has 0 aliphatic heterocycles. The standard InChI is InChI=1S/C12H23NO3S/c1-6-7-12(5,10(15)16)13-9(14)8-17-11(2,3)4/h6-8H2,1-5H3,(H,13,14)(H,15,16). The van der Waals surface area contributed by atoms with Gasteiger partial charge in [0, 0.05) is 4.75 Å². The van der Waals surface area contributed by atoms with Gasteiger partial charge in [-0.3, -0.25) is 4.79 Å². The van der Waals surface area contributed by atoms with Crippen LogP contribution in [0.2, 0.25) is 0 Å². The molecule has 0 aliphatic rings. The van der Waals surface area contributed by atoms with Crippen LogP contribution in [0.25, 0.3) is 0 Å². The molecule has 0 spiro atoms. The van der Waals surface area contributed by atoms with Gasteiger partial charge in [-0.15, -0.1) is 11.8 Å². The topological polar surface area (TPSA) is 66.4 Å². The van der Waals surface area contributed by atoms with E-state index in [0.717, 1.165) is 6.42 Å². The molecule has 0 aliphatic carbocycles. The molecule has 1 amide bonds. The van der Waals surface area contributed by atoms with E-state index in [0.29, 0.717) is 6.42 Å². The van der Waals surface area contributed by atoms with E-state index in [9.17, 15) is 9.59 Å². The van der Waals surface area contributed by atoms with E-state index in [1.165, 1.54) is 11.8 Å². The minimum Gasteiger partial charge on any atom is -0.480 e. The highest BCUT2D eigenvalue weighted by Gasteiger charge is 2.33. The maximum absolute atomic E-state index is 11.7. The number of hydrogen-bond donors (Lipinski definition) is 2. The predicted octanol–water partition coefficient (Wildman–Crippen LogP) is 2.28. The van der Waals surface area contributed by atoms with E-state index < -0.39 is 11.5 Å². The van der Waals surface area contributed by atoms with Crippen LogP contribution in [0.15, 0.2) is 0 Å². The zero-order valence-corrected chi connectivity index (χ0v) is 12.1. The van der Waals surface area contributed by atoms with Crippen molar-refractivity contribution in [1.82, 2.24) is 5.32 Å². The van der Waals surface area contributed by atoms with E-state index in [1.807, 2.05) is 27.7 Å². The van der Waals surface area contributed by atoms with Gasteiger partial charge in [0.05, 0.1) is 5.75 Å². The molecule has 0 aromatic carbocycles. The number of amides is 1. The lowest BCUT2D eigenvalue weighted by Crippen LogP contribution is -2.52. The van der Waals surface area contributed by atoms with Gasteiger partial charge < -0.3 is 10.4 Å². The first-order valence-corrected chi connectivity index (χ1v) is 6.77. The number of nitrogens with one attached hydrogen (secondary N) is 1. The van der Waals surface area contributed by atoms with Crippen LogP contribution in [0.1, 0.15) is 47.5 Å². The van der Waals surface area contributed by atoms with E-state index >= 15 is 0 Å². The molecule has 2 N–H and O–H groups in total. The largest absolute Gasteiger partial charge is 0.480 e. The van der Waals surface area contributed by atoms with Crippen LogP contribution in [-0.4, -0.2) is 33.0 Å². The molecule has 0 saturated heterocycles. The molecule has 0 heterocycles. The lowest BCUT2D eigenvalue weighted by molar-refractivity contribution is -0.146. The molecule has 100 valence electrons. The van der Waals surface area contributed by atoms with Crippen molar-refractivity contribution >= 4 is 23.6 Å². The molecule has 0 aromatic rings. The monoisotopic (exact) mass is 261 g/mol. The van der Waals surface area contributed by atoms with Crippen LogP contribution >= 0.6 is 11.8 Å². The highest BCUT2D eigenvalue weighted by Crippen LogP contribution is 2.23. The first-order valence-electron chi connectivity index (χ1n) is 5.79. The zero-order chi connectivity index (χ0) is 13.7. The molecular weight excluding hydrogens is 238 g/mol. The van der Waals surface area contributed by atoms with E-state index in [1.54, 1.807) is 6.92 Å². The van der Waals surface area contributed by atoms with Crippen molar-refractivity contribution in [1.29, 1.82) is 0 Å². The lowest BCUT2D eigenvalue weighted by atomic mass is 9.96. The molecule has 1 unspecified atom stereocenters. The van der Waals surface area contributed by atoms with E-state index in [2.05, 4.69) is 5.32 Å². The van der Waals surface area contributed by atoms with Gasteiger partial charge in [-0.2, -0.15) is 0 Å². The molecule has 17 heavy (non-hydrogen) atoms. The quantitative estimate of drug-likeness (QED) is 0.770. The molecule has 0 aromatic heterocycles. The summed E-state index contributed by atoms with van der Waals surface area (Å²) >= 11 is 1.51. The summed E-state index contributed by atoms with van der Waals surface area (Å²) in [5, 5.41) is 11.7. The fraction of sp³-hybridized carbons (Fsp3) is 0.833. The summed E-state index contributed by atoms with van der Waals surface area (Å²) < 4.78 is 0.00171. The van der Waals surface area contributed by atoms with Gasteiger partial charge in [0.2, 0.25) is 5.91 Å². The smallest absolute Gasteiger partial charge is 0.329 e. The Hall–Kier alpha value is -0.710. The van der Waals surface area contributed by atoms with Crippen molar-refractivity contribution in [3.05, 3.63) is 0 Å². The lowest BCUT2D eigenvalue weighted by Gasteiger charge is -2.26. The minimum absolute atomic E-state index is 0.00171. The molecule has 0 bridgehead atoms. The molecule has 0 saturated carbocycles. The Bertz CT molecular complexity index is 286. The number of aliphatic carboxylic acids is 1. The van der Waals surface area contributed by atoms with Crippen molar-refractivity contribution in [2.75, 3.05) is 5.75 Å². The summed E-state index contributed by atoms with van der Waals surface area (Å²) in [4.78, 5) is 22.8. The van der Waals surface area contributed by atoms with Crippen LogP contribution in [0.4, 0.5) is 0 Å². The predicted molar refractivity (Wildman–Crippen MR) is 71.3 cm³/mol. The Morgan fingerprint density at radius 2 is 1.76 bits per heavy atom. The van der Waals surface area contributed by atoms with Gasteiger partial charge in [-0.05, 0) is 13.3 Å². The van der Waals surface area contributed by atoms with Gasteiger partial charge in [0.1, 0.15) is 5.54 Å². The number of carboxylic acid groups (broad SMARTS) is 1. The first-order chi connectivity index (χ1) is 7.60. The highest BCUT2D eigenvalue weighted by atomic mass is 32.2. The van der Waals surface area contributed by atoms with Crippen LogP contribution in [0, 0.1) is 0 Å². The van der Waals surface area contributed by atoms with Gasteiger partial charge in [-0.25, -0.2) is 4.79 Å². The SMILES string of the molecule is CCCC(C)(NC(=O)CSC(C)(C)C)C(=O)O. The third-order valence-corrected chi connectivity index (χ3v) is 3.55. The number of hydrogen-bond acceptors (Lipinski definition) is 3. The molecule has 0 rings (SSSR count). The van der Waals surface area contributed by atoms with Crippen LogP contribution in [-0.2, 0) is 9.59 Å². The summed E-state index contributed by atoms with van der Waals surface area (Å²) in [7, 11) is 0. The Morgan fingerprint density at radius 3 is 2.12 bits per heavy atom. The summed E-state index contributed by atoms with van der Waals surface area (Å²) in [6.45, 7) is 9.52. The van der Waals surface area contributed by atoms with Crippen molar-refractivity contribution in [2.24, 2.45) is 0 Å². The van der Waals surface area contributed by atoms with Gasteiger partial charge in [0.25, 0.3) is 0 Å². The van der Waals surface area contributed by atoms with Crippen LogP contribution in [0.3, 0.4) is 0 Å². The number of carbonyl (C=O) groups is 2. The zero-order valence-electron chi connectivity index (χ0n) is 11.3. The number of thioether (sulfide) groups is 1. The maximum atomic E-state index is 11.7. The molecular formula is C12H23NO3S. The summed E-state index contributed by atoms with van der Waals surface area (Å²) in [6.07, 6.45) is 1.16. The Kier molecular flexibility index (Phi) is 6.02. The normalized spacial score (nSPS) is 15.1. The second kappa shape index (κ2) is 6.28. The fourth-order valence-corrected chi connectivity index (χ4v) is 1.99. The van der Waals surface area contributed by atoms with E-state index in [-0.39, 0.29) is 16.4 Å². The average Bonchev–Trinajstić information content (AvgIpc) is 2.13. The number of carbonyl (C=O) groups excluding carboxylic acids is 1. The van der Waals surface area contributed by atoms with Crippen molar-refractivity contribution in [3.8, 4) is 0 Å². The number of carboxylic acids is 1. The molecule has 0 fully saturated rings. The Labute approximate surface area is 108 Å². The second-order valence-corrected chi connectivity index (χ2v) is 7.14. The van der Waals surface area contributed by atoms with Crippen molar-refractivity contribution < 1.29 is 14.7 Å². The Morgan fingerprint density at radius 1 is 1.24 bits per heavy atom. The van der Waals surface area contributed by atoms with E-state index in [4.69, 9.17) is 5.11 Å². The highest BCUT2D eigenvalue weighted by molar-refractivity contribution is 8.01. The van der Waals surface area contributed by atoms with Crippen LogP contribution in [0.5, 0.6) is 0 Å². The molecule has 4 nitrogen and oxygen atoms in total. The van der Waals surface area contributed by atoms with Gasteiger partial charge >= 0.3 is 5.97 Å². The maximum Gasteiger partial charge on any atom is 0.329 e.